The van der Waals surface area contributed by atoms with Gasteiger partial charge in [0.2, 0.25) is 11.8 Å². The normalized spacial score (nSPS) is 15.8. The van der Waals surface area contributed by atoms with Crippen LogP contribution in [0.5, 0.6) is 5.75 Å². The molecule has 0 saturated carbocycles. The lowest BCUT2D eigenvalue weighted by atomic mass is 10.1. The van der Waals surface area contributed by atoms with Crippen molar-refractivity contribution in [2.24, 2.45) is 0 Å². The monoisotopic (exact) mass is 418 g/mol. The molecule has 6 heteroatoms. The van der Waals surface area contributed by atoms with Gasteiger partial charge >= 0.3 is 0 Å². The third-order valence-electron chi connectivity index (χ3n) is 4.93. The van der Waals surface area contributed by atoms with E-state index in [1.165, 1.54) is 0 Å². The number of nitrogens with one attached hydrogen (secondary N) is 1. The number of amides is 2. The SMILES string of the molecule is COc1ccc(NC(=O)CN2C(=O)C[C@@H](c3ccccc3)Sc3ccccc32)cc1. The van der Waals surface area contributed by atoms with E-state index < -0.39 is 0 Å². The smallest absolute Gasteiger partial charge is 0.244 e. The zero-order valence-electron chi connectivity index (χ0n) is 16.6. The summed E-state index contributed by atoms with van der Waals surface area (Å²) in [7, 11) is 1.59. The van der Waals surface area contributed by atoms with Gasteiger partial charge in [0.1, 0.15) is 12.3 Å². The maximum Gasteiger partial charge on any atom is 0.244 e. The van der Waals surface area contributed by atoms with E-state index >= 15 is 0 Å². The summed E-state index contributed by atoms with van der Waals surface area (Å²) < 4.78 is 5.14. The molecule has 152 valence electrons. The number of hydrogen-bond acceptors (Lipinski definition) is 4. The Hall–Kier alpha value is -3.25. The third kappa shape index (κ3) is 4.49. The summed E-state index contributed by atoms with van der Waals surface area (Å²) in [6, 6.07) is 24.9. The molecule has 3 aromatic rings. The predicted molar refractivity (Wildman–Crippen MR) is 120 cm³/mol. The van der Waals surface area contributed by atoms with Gasteiger partial charge in [-0.15, -0.1) is 11.8 Å². The fourth-order valence-electron chi connectivity index (χ4n) is 3.42. The molecular formula is C24H22N2O3S. The van der Waals surface area contributed by atoms with Gasteiger partial charge in [-0.3, -0.25) is 9.59 Å². The Bertz CT molecular complexity index is 1040. The first-order chi connectivity index (χ1) is 14.6. The molecule has 0 bridgehead atoms. The van der Waals surface area contributed by atoms with Crippen LogP contribution in [0, 0.1) is 0 Å². The van der Waals surface area contributed by atoms with Crippen molar-refractivity contribution in [2.45, 2.75) is 16.6 Å². The van der Waals surface area contributed by atoms with Crippen LogP contribution < -0.4 is 15.0 Å². The van der Waals surface area contributed by atoms with Crippen molar-refractivity contribution in [1.82, 2.24) is 0 Å². The molecule has 4 rings (SSSR count). The van der Waals surface area contributed by atoms with Crippen LogP contribution in [-0.4, -0.2) is 25.5 Å². The minimum absolute atomic E-state index is 0.00880. The second kappa shape index (κ2) is 9.05. The average molecular weight is 419 g/mol. The summed E-state index contributed by atoms with van der Waals surface area (Å²) in [4.78, 5) is 28.4. The molecule has 0 radical (unpaired) electrons. The molecular weight excluding hydrogens is 396 g/mol. The van der Waals surface area contributed by atoms with Crippen molar-refractivity contribution in [2.75, 3.05) is 23.9 Å². The zero-order valence-corrected chi connectivity index (χ0v) is 17.4. The van der Waals surface area contributed by atoms with Gasteiger partial charge in [-0.2, -0.15) is 0 Å². The van der Waals surface area contributed by atoms with Gasteiger partial charge in [0.05, 0.1) is 12.8 Å². The van der Waals surface area contributed by atoms with Crippen molar-refractivity contribution >= 4 is 35.0 Å². The Morgan fingerprint density at radius 1 is 1.03 bits per heavy atom. The standard InChI is InChI=1S/C24H22N2O3S/c1-29-19-13-11-18(12-14-19)25-23(27)16-26-20-9-5-6-10-21(20)30-22(15-24(26)28)17-7-3-2-4-8-17/h2-14,22H,15-16H2,1H3,(H,25,27)/t22-/m0/s1. The number of benzene rings is 3. The Morgan fingerprint density at radius 2 is 1.73 bits per heavy atom. The van der Waals surface area contributed by atoms with Gasteiger partial charge in [0.25, 0.3) is 0 Å². The number of nitrogens with zero attached hydrogens (tertiary/aromatic N) is 1. The number of rotatable bonds is 5. The van der Waals surface area contributed by atoms with E-state index in [4.69, 9.17) is 4.74 Å². The number of methoxy groups -OCH3 is 1. The Kier molecular flexibility index (Phi) is 6.05. The number of fused-ring (bicyclic) bond motifs is 1. The summed E-state index contributed by atoms with van der Waals surface area (Å²) in [5.41, 5.74) is 2.54. The number of hydrogen-bond donors (Lipinski definition) is 1. The van der Waals surface area contributed by atoms with Crippen LogP contribution in [0.4, 0.5) is 11.4 Å². The van der Waals surface area contributed by atoms with E-state index in [9.17, 15) is 9.59 Å². The molecule has 1 N–H and O–H groups in total. The summed E-state index contributed by atoms with van der Waals surface area (Å²) in [6.45, 7) is -0.0378. The fraction of sp³-hybridized carbons (Fsp3) is 0.167. The van der Waals surface area contributed by atoms with Gasteiger partial charge in [0, 0.05) is 22.3 Å². The first-order valence-electron chi connectivity index (χ1n) is 9.69. The number of para-hydroxylation sites is 1. The molecule has 3 aromatic carbocycles. The molecule has 1 atom stereocenters. The highest BCUT2D eigenvalue weighted by molar-refractivity contribution is 7.99. The molecule has 0 aromatic heterocycles. The lowest BCUT2D eigenvalue weighted by molar-refractivity contribution is -0.121. The molecule has 0 fully saturated rings. The second-order valence-electron chi connectivity index (χ2n) is 6.95. The van der Waals surface area contributed by atoms with Crippen molar-refractivity contribution in [1.29, 1.82) is 0 Å². The van der Waals surface area contributed by atoms with Crippen LogP contribution in [-0.2, 0) is 9.59 Å². The van der Waals surface area contributed by atoms with Crippen molar-refractivity contribution < 1.29 is 14.3 Å². The maximum absolute atomic E-state index is 13.1. The molecule has 5 nitrogen and oxygen atoms in total. The van der Waals surface area contributed by atoms with Crippen LogP contribution in [0.3, 0.4) is 0 Å². The van der Waals surface area contributed by atoms with Crippen molar-refractivity contribution in [3.05, 3.63) is 84.4 Å². The fourth-order valence-corrected chi connectivity index (χ4v) is 4.71. The minimum atomic E-state index is -0.244. The van der Waals surface area contributed by atoms with E-state index in [-0.39, 0.29) is 23.6 Å². The highest BCUT2D eigenvalue weighted by Crippen LogP contribution is 2.45. The molecule has 0 unspecified atom stereocenters. The predicted octanol–water partition coefficient (Wildman–Crippen LogP) is 4.90. The maximum atomic E-state index is 13.1. The first-order valence-corrected chi connectivity index (χ1v) is 10.6. The molecule has 1 aliphatic rings. The second-order valence-corrected chi connectivity index (χ2v) is 8.19. The van der Waals surface area contributed by atoms with Gasteiger partial charge in [0.15, 0.2) is 0 Å². The van der Waals surface area contributed by atoms with Crippen LogP contribution >= 0.6 is 11.8 Å². The molecule has 1 aliphatic heterocycles. The summed E-state index contributed by atoms with van der Waals surface area (Å²) in [5.74, 6) is 0.409. The molecule has 1 heterocycles. The zero-order chi connectivity index (χ0) is 20.9. The summed E-state index contributed by atoms with van der Waals surface area (Å²) >= 11 is 1.67. The van der Waals surface area contributed by atoms with E-state index in [1.54, 1.807) is 48.0 Å². The van der Waals surface area contributed by atoms with Crippen LogP contribution in [0.15, 0.2) is 83.8 Å². The van der Waals surface area contributed by atoms with Crippen molar-refractivity contribution in [3.8, 4) is 5.75 Å². The minimum Gasteiger partial charge on any atom is -0.497 e. The van der Waals surface area contributed by atoms with Crippen molar-refractivity contribution in [3.63, 3.8) is 0 Å². The van der Waals surface area contributed by atoms with Gasteiger partial charge in [-0.05, 0) is 42.0 Å². The number of carbonyl (C=O) groups excluding carboxylic acids is 2. The topological polar surface area (TPSA) is 58.6 Å². The molecule has 0 spiro atoms. The third-order valence-corrected chi connectivity index (χ3v) is 6.26. The Labute approximate surface area is 180 Å². The number of ether oxygens (including phenoxy) is 1. The number of thioether (sulfide) groups is 1. The summed E-state index contributed by atoms with van der Waals surface area (Å²) in [5, 5.41) is 2.87. The van der Waals surface area contributed by atoms with E-state index in [1.807, 2.05) is 54.6 Å². The van der Waals surface area contributed by atoms with E-state index in [0.717, 1.165) is 16.1 Å². The van der Waals surface area contributed by atoms with Gasteiger partial charge in [-0.25, -0.2) is 0 Å². The lowest BCUT2D eigenvalue weighted by Gasteiger charge is -2.22. The quantitative estimate of drug-likeness (QED) is 0.640. The average Bonchev–Trinajstić information content (AvgIpc) is 2.91. The molecule has 0 saturated heterocycles. The number of anilines is 2. The Balaban J connectivity index is 1.55. The Morgan fingerprint density at radius 3 is 2.47 bits per heavy atom. The number of carbonyl (C=O) groups is 2. The van der Waals surface area contributed by atoms with E-state index in [0.29, 0.717) is 17.9 Å². The molecule has 0 aliphatic carbocycles. The molecule has 30 heavy (non-hydrogen) atoms. The molecule has 2 amide bonds. The highest BCUT2D eigenvalue weighted by Gasteiger charge is 2.30. The first kappa shape index (κ1) is 20.0. The highest BCUT2D eigenvalue weighted by atomic mass is 32.2. The largest absolute Gasteiger partial charge is 0.497 e. The van der Waals surface area contributed by atoms with Crippen LogP contribution in [0.1, 0.15) is 17.2 Å². The van der Waals surface area contributed by atoms with Crippen LogP contribution in [0.25, 0.3) is 0 Å². The van der Waals surface area contributed by atoms with Crippen LogP contribution in [0.2, 0.25) is 0 Å². The van der Waals surface area contributed by atoms with Gasteiger partial charge in [-0.1, -0.05) is 42.5 Å². The van der Waals surface area contributed by atoms with E-state index in [2.05, 4.69) is 5.32 Å². The lowest BCUT2D eigenvalue weighted by Crippen LogP contribution is -2.38. The van der Waals surface area contributed by atoms with Gasteiger partial charge < -0.3 is 15.0 Å². The summed E-state index contributed by atoms with van der Waals surface area (Å²) in [6.07, 6.45) is 0.333.